The molecule has 4 nitrogen and oxygen atoms in total. The van der Waals surface area contributed by atoms with Gasteiger partial charge in [0, 0.05) is 16.7 Å². The molecule has 0 bridgehead atoms. The van der Waals surface area contributed by atoms with Gasteiger partial charge >= 0.3 is 0 Å². The van der Waals surface area contributed by atoms with Crippen LogP contribution in [0.3, 0.4) is 0 Å². The van der Waals surface area contributed by atoms with Gasteiger partial charge in [-0.05, 0) is 75.6 Å². The molecular formula is C55H42N4. The Hall–Kier alpha value is -7.74. The van der Waals surface area contributed by atoms with Gasteiger partial charge in [-0.3, -0.25) is 0 Å². The van der Waals surface area contributed by atoms with Gasteiger partial charge in [-0.25, -0.2) is 15.0 Å². The summed E-state index contributed by atoms with van der Waals surface area (Å²) in [4.78, 5) is 14.8. The summed E-state index contributed by atoms with van der Waals surface area (Å²) in [5.41, 5.74) is 11.5. The molecule has 0 unspecified atom stereocenters. The molecule has 0 N–H and O–H groups in total. The van der Waals surface area contributed by atoms with E-state index in [2.05, 4.69) is 128 Å². The first-order chi connectivity index (χ1) is 29.1. The second-order valence-electron chi connectivity index (χ2n) is 14.4. The number of hydrogen-bond acceptors (Lipinski definition) is 4. The van der Waals surface area contributed by atoms with Crippen LogP contribution in [0.2, 0.25) is 0 Å². The molecular weight excluding hydrogens is 717 g/mol. The zero-order chi connectivity index (χ0) is 40.4. The summed E-state index contributed by atoms with van der Waals surface area (Å²) in [5, 5.41) is 9.24. The molecule has 8 rings (SSSR count). The zero-order valence-corrected chi connectivity index (χ0v) is 32.7. The van der Waals surface area contributed by atoms with Crippen LogP contribution >= 0.6 is 0 Å². The van der Waals surface area contributed by atoms with Crippen molar-refractivity contribution in [3.05, 3.63) is 258 Å². The number of nitrogens with zero attached hydrogens (tertiary/aromatic N) is 4. The SMILES string of the molecule is C=CC(=C)C(c1ccccc1)(c1ccccc1)c1cc(-c2ccc(-c3nc(-c4ccccc4)nc(-c4ccccc4)n3)cc2)ccc1C/C=C\Cc1ccc(C#N)cc1. The van der Waals surface area contributed by atoms with Crippen molar-refractivity contribution in [2.75, 3.05) is 0 Å². The van der Waals surface area contributed by atoms with E-state index in [0.717, 1.165) is 62.1 Å². The monoisotopic (exact) mass is 758 g/mol. The second kappa shape index (κ2) is 17.6. The standard InChI is InChI=1S/C55H42N4/c1-3-40(2)55(49-24-12-6-13-25-49,50-26-14-7-15-27-50)51-38-48(37-34-44(51)19-17-16-18-41-28-30-42(39-56)31-29-41)43-32-35-47(36-33-43)54-58-52(45-20-8-4-9-21-45)57-53(59-54)46-22-10-5-11-23-46/h3-17,20-38H,1-2,18-19H2/b17-16-. The Labute approximate surface area is 346 Å². The Balaban J connectivity index is 1.23. The van der Waals surface area contributed by atoms with Crippen molar-refractivity contribution < 1.29 is 0 Å². The highest BCUT2D eigenvalue weighted by Gasteiger charge is 2.39. The second-order valence-corrected chi connectivity index (χ2v) is 14.4. The first-order valence-electron chi connectivity index (χ1n) is 19.7. The molecule has 0 fully saturated rings. The van der Waals surface area contributed by atoms with E-state index in [4.69, 9.17) is 21.5 Å². The molecule has 59 heavy (non-hydrogen) atoms. The van der Waals surface area contributed by atoms with Crippen LogP contribution in [-0.2, 0) is 18.3 Å². The summed E-state index contributed by atoms with van der Waals surface area (Å²) in [5.74, 6) is 1.87. The lowest BCUT2D eigenvalue weighted by atomic mass is 9.63. The van der Waals surface area contributed by atoms with E-state index >= 15 is 0 Å². The van der Waals surface area contributed by atoms with Crippen LogP contribution in [0.15, 0.2) is 225 Å². The van der Waals surface area contributed by atoms with Crippen molar-refractivity contribution in [2.45, 2.75) is 18.3 Å². The third kappa shape index (κ3) is 8.09. The molecule has 0 aliphatic carbocycles. The van der Waals surface area contributed by atoms with Gasteiger partial charge in [0.1, 0.15) is 0 Å². The van der Waals surface area contributed by atoms with Gasteiger partial charge in [0.05, 0.1) is 17.0 Å². The molecule has 0 amide bonds. The number of rotatable bonds is 13. The molecule has 0 radical (unpaired) electrons. The summed E-state index contributed by atoms with van der Waals surface area (Å²) in [6, 6.07) is 66.6. The van der Waals surface area contributed by atoms with E-state index in [9.17, 15) is 5.26 Å². The molecule has 0 aliphatic heterocycles. The number of hydrogen-bond donors (Lipinski definition) is 0. The minimum atomic E-state index is -0.719. The van der Waals surface area contributed by atoms with Gasteiger partial charge in [-0.2, -0.15) is 5.26 Å². The zero-order valence-electron chi connectivity index (χ0n) is 32.7. The third-order valence-electron chi connectivity index (χ3n) is 10.8. The summed E-state index contributed by atoms with van der Waals surface area (Å²) in [6.07, 6.45) is 7.83. The number of benzene rings is 7. The van der Waals surface area contributed by atoms with Crippen molar-refractivity contribution >= 4 is 0 Å². The topological polar surface area (TPSA) is 62.5 Å². The van der Waals surface area contributed by atoms with E-state index in [1.165, 1.54) is 5.56 Å². The smallest absolute Gasteiger partial charge is 0.164 e. The minimum Gasteiger partial charge on any atom is -0.208 e. The van der Waals surface area contributed by atoms with Crippen LogP contribution in [0.5, 0.6) is 0 Å². The first-order valence-corrected chi connectivity index (χ1v) is 19.7. The molecule has 8 aromatic rings. The highest BCUT2D eigenvalue weighted by Crippen LogP contribution is 2.47. The fraction of sp³-hybridized carbons (Fsp3) is 0.0545. The van der Waals surface area contributed by atoms with E-state index in [0.29, 0.717) is 29.5 Å². The Bertz CT molecular complexity index is 2670. The Morgan fingerprint density at radius 2 is 0.949 bits per heavy atom. The average molecular weight is 759 g/mol. The quantitative estimate of drug-likeness (QED) is 0.0667. The Kier molecular flexibility index (Phi) is 11.4. The van der Waals surface area contributed by atoms with Crippen molar-refractivity contribution in [1.29, 1.82) is 5.26 Å². The third-order valence-corrected chi connectivity index (χ3v) is 10.8. The number of aromatic nitrogens is 3. The lowest BCUT2D eigenvalue weighted by Gasteiger charge is -2.38. The molecule has 0 spiro atoms. The van der Waals surface area contributed by atoms with Gasteiger partial charge in [-0.15, -0.1) is 0 Å². The molecule has 1 heterocycles. The summed E-state index contributed by atoms with van der Waals surface area (Å²) < 4.78 is 0. The van der Waals surface area contributed by atoms with E-state index in [1.54, 1.807) is 0 Å². The van der Waals surface area contributed by atoms with Crippen LogP contribution < -0.4 is 0 Å². The van der Waals surface area contributed by atoms with Crippen LogP contribution in [0.1, 0.15) is 33.4 Å². The van der Waals surface area contributed by atoms with E-state index in [1.807, 2.05) is 91.0 Å². The molecule has 7 aromatic carbocycles. The van der Waals surface area contributed by atoms with Crippen LogP contribution in [0.25, 0.3) is 45.3 Å². The fourth-order valence-corrected chi connectivity index (χ4v) is 7.73. The molecule has 0 saturated heterocycles. The van der Waals surface area contributed by atoms with E-state index in [-0.39, 0.29) is 0 Å². The Morgan fingerprint density at radius 1 is 0.508 bits per heavy atom. The van der Waals surface area contributed by atoms with Crippen molar-refractivity contribution in [3.8, 4) is 51.4 Å². The summed E-state index contributed by atoms with van der Waals surface area (Å²) in [6.45, 7) is 8.97. The fourth-order valence-electron chi connectivity index (χ4n) is 7.73. The molecule has 4 heteroatoms. The van der Waals surface area contributed by atoms with Crippen molar-refractivity contribution in [2.24, 2.45) is 0 Å². The predicted molar refractivity (Wildman–Crippen MR) is 241 cm³/mol. The maximum Gasteiger partial charge on any atom is 0.164 e. The van der Waals surface area contributed by atoms with Gasteiger partial charge in [0.2, 0.25) is 0 Å². The molecule has 0 saturated carbocycles. The van der Waals surface area contributed by atoms with Crippen LogP contribution in [-0.4, -0.2) is 15.0 Å². The van der Waals surface area contributed by atoms with Crippen LogP contribution in [0, 0.1) is 11.3 Å². The first kappa shape index (κ1) is 38.1. The number of nitriles is 1. The minimum absolute atomic E-state index is 0.613. The van der Waals surface area contributed by atoms with Gasteiger partial charge < -0.3 is 0 Å². The average Bonchev–Trinajstić information content (AvgIpc) is 3.32. The largest absolute Gasteiger partial charge is 0.208 e. The normalized spacial score (nSPS) is 11.2. The van der Waals surface area contributed by atoms with Crippen LogP contribution in [0.4, 0.5) is 0 Å². The lowest BCUT2D eigenvalue weighted by Crippen LogP contribution is -2.32. The van der Waals surface area contributed by atoms with Gasteiger partial charge in [0.15, 0.2) is 17.5 Å². The molecule has 282 valence electrons. The van der Waals surface area contributed by atoms with Crippen molar-refractivity contribution in [3.63, 3.8) is 0 Å². The van der Waals surface area contributed by atoms with Gasteiger partial charge in [0.25, 0.3) is 0 Å². The lowest BCUT2D eigenvalue weighted by molar-refractivity contribution is 0.737. The van der Waals surface area contributed by atoms with Crippen molar-refractivity contribution in [1.82, 2.24) is 15.0 Å². The molecule has 1 aromatic heterocycles. The highest BCUT2D eigenvalue weighted by atomic mass is 15.0. The van der Waals surface area contributed by atoms with Gasteiger partial charge in [-0.1, -0.05) is 201 Å². The summed E-state index contributed by atoms with van der Waals surface area (Å²) >= 11 is 0. The molecule has 0 aliphatic rings. The molecule has 0 atom stereocenters. The maximum atomic E-state index is 9.24. The predicted octanol–water partition coefficient (Wildman–Crippen LogP) is 12.8. The summed E-state index contributed by atoms with van der Waals surface area (Å²) in [7, 11) is 0. The van der Waals surface area contributed by atoms with E-state index < -0.39 is 5.41 Å². The number of allylic oxidation sites excluding steroid dienone is 4. The Morgan fingerprint density at radius 3 is 1.44 bits per heavy atom. The highest BCUT2D eigenvalue weighted by molar-refractivity contribution is 5.73. The maximum absolute atomic E-state index is 9.24.